The monoisotopic (exact) mass is 530 g/mol. The van der Waals surface area contributed by atoms with Crippen molar-refractivity contribution < 1.29 is 27.4 Å². The number of fused-ring (bicyclic) bond motifs is 1. The summed E-state index contributed by atoms with van der Waals surface area (Å²) in [6.07, 6.45) is -1.48. The summed E-state index contributed by atoms with van der Waals surface area (Å²) >= 11 is 0. The number of hydrogen-bond donors (Lipinski definition) is 1. The van der Waals surface area contributed by atoms with Gasteiger partial charge in [-0.15, -0.1) is 0 Å². The van der Waals surface area contributed by atoms with E-state index < -0.39 is 18.0 Å². The Balaban J connectivity index is 1.35. The van der Waals surface area contributed by atoms with Crippen LogP contribution in [-0.2, 0) is 15.7 Å². The lowest BCUT2D eigenvalue weighted by atomic mass is 10.1. The van der Waals surface area contributed by atoms with Crippen molar-refractivity contribution >= 4 is 22.6 Å². The van der Waals surface area contributed by atoms with Crippen LogP contribution in [0.1, 0.15) is 34.2 Å². The number of alkyl halides is 3. The summed E-state index contributed by atoms with van der Waals surface area (Å²) in [7, 11) is 0. The Labute approximate surface area is 218 Å². The molecule has 2 fully saturated rings. The molecule has 1 unspecified atom stereocenters. The predicted molar refractivity (Wildman–Crippen MR) is 134 cm³/mol. The molecule has 2 saturated heterocycles. The molecule has 202 valence electrons. The van der Waals surface area contributed by atoms with Gasteiger partial charge < -0.3 is 19.7 Å². The lowest BCUT2D eigenvalue weighted by Crippen LogP contribution is -2.39. The van der Waals surface area contributed by atoms with Crippen LogP contribution in [0.2, 0.25) is 0 Å². The molecule has 1 amide bonds. The summed E-state index contributed by atoms with van der Waals surface area (Å²) in [5.74, 6) is -0.646. The van der Waals surface area contributed by atoms with Crippen LogP contribution < -0.4 is 10.2 Å². The van der Waals surface area contributed by atoms with Crippen LogP contribution in [0.5, 0.6) is 0 Å². The number of morpholine rings is 1. The minimum absolute atomic E-state index is 0.170. The van der Waals surface area contributed by atoms with E-state index in [0.717, 1.165) is 30.7 Å². The summed E-state index contributed by atoms with van der Waals surface area (Å²) < 4.78 is 50.0. The smallest absolute Gasteiger partial charge is 0.380 e. The fourth-order valence-electron chi connectivity index (χ4n) is 4.79. The van der Waals surface area contributed by atoms with E-state index in [1.165, 1.54) is 12.4 Å². The van der Waals surface area contributed by atoms with Crippen LogP contribution in [0, 0.1) is 0 Å². The largest absolute Gasteiger partial charge is 0.451 e. The maximum Gasteiger partial charge on any atom is 0.451 e. The number of aromatic nitrogens is 3. The number of halogens is 3. The summed E-state index contributed by atoms with van der Waals surface area (Å²) in [6.45, 7) is 5.33. The molecule has 2 aromatic heterocycles. The summed E-state index contributed by atoms with van der Waals surface area (Å²) in [5.41, 5.74) is 1.68. The van der Waals surface area contributed by atoms with Crippen molar-refractivity contribution in [3.05, 3.63) is 59.7 Å². The van der Waals surface area contributed by atoms with Gasteiger partial charge in [-0.3, -0.25) is 9.69 Å². The Bertz CT molecular complexity index is 1240. The first kappa shape index (κ1) is 26.3. The molecule has 38 heavy (non-hydrogen) atoms. The van der Waals surface area contributed by atoms with E-state index in [2.05, 4.69) is 25.1 Å². The quantitative estimate of drug-likeness (QED) is 0.520. The second-order valence-corrected chi connectivity index (χ2v) is 9.21. The van der Waals surface area contributed by atoms with Crippen LogP contribution in [0.25, 0.3) is 10.9 Å². The molecule has 5 rings (SSSR count). The van der Waals surface area contributed by atoms with Crippen LogP contribution in [0.3, 0.4) is 0 Å². The normalized spacial score (nSPS) is 18.2. The number of pyridine rings is 1. The number of hydrogen-bond acceptors (Lipinski definition) is 8. The highest BCUT2D eigenvalue weighted by atomic mass is 19.4. The van der Waals surface area contributed by atoms with Gasteiger partial charge in [-0.2, -0.15) is 13.2 Å². The number of amides is 1. The fourth-order valence-corrected chi connectivity index (χ4v) is 4.79. The van der Waals surface area contributed by atoms with E-state index >= 15 is 0 Å². The molecule has 0 aliphatic carbocycles. The molecule has 4 heterocycles. The van der Waals surface area contributed by atoms with Gasteiger partial charge in [-0.25, -0.2) is 15.0 Å². The number of carbonyl (C=O) groups excluding carboxylic acids is 1. The molecule has 1 N–H and O–H groups in total. The molecule has 9 nitrogen and oxygen atoms in total. The van der Waals surface area contributed by atoms with Gasteiger partial charge in [-0.1, -0.05) is 6.07 Å². The minimum atomic E-state index is -4.62. The first-order valence-corrected chi connectivity index (χ1v) is 12.6. The van der Waals surface area contributed by atoms with Gasteiger partial charge in [0.1, 0.15) is 5.82 Å². The maximum absolute atomic E-state index is 13.3. The second-order valence-electron chi connectivity index (χ2n) is 9.21. The van der Waals surface area contributed by atoms with Gasteiger partial charge >= 0.3 is 6.18 Å². The van der Waals surface area contributed by atoms with Crippen molar-refractivity contribution in [3.8, 4) is 0 Å². The van der Waals surface area contributed by atoms with Gasteiger partial charge in [0.25, 0.3) is 5.91 Å². The Morgan fingerprint density at radius 2 is 1.71 bits per heavy atom. The SMILES string of the molecule is O=C(NCC(c1cnc(C(F)(F)F)nc1)N1CCCOCC1)c1cccc2nc(N3CCOCC3)ccc12. The molecule has 12 heteroatoms. The third kappa shape index (κ3) is 6.03. The summed E-state index contributed by atoms with van der Waals surface area (Å²) in [6, 6.07) is 8.79. The van der Waals surface area contributed by atoms with Crippen molar-refractivity contribution in [1.82, 2.24) is 25.2 Å². The summed E-state index contributed by atoms with van der Waals surface area (Å²) in [5, 5.41) is 3.70. The van der Waals surface area contributed by atoms with Gasteiger partial charge in [0, 0.05) is 68.2 Å². The molecule has 3 aromatic rings. The topological polar surface area (TPSA) is 92.7 Å². The molecular formula is C26H29F3N6O3. The van der Waals surface area contributed by atoms with Gasteiger partial charge in [0.2, 0.25) is 5.82 Å². The van der Waals surface area contributed by atoms with Crippen LogP contribution in [0.4, 0.5) is 19.0 Å². The van der Waals surface area contributed by atoms with Crippen molar-refractivity contribution in [2.75, 3.05) is 64.1 Å². The zero-order valence-electron chi connectivity index (χ0n) is 20.8. The van der Waals surface area contributed by atoms with Crippen molar-refractivity contribution in [1.29, 1.82) is 0 Å². The van der Waals surface area contributed by atoms with Crippen LogP contribution in [0.15, 0.2) is 42.7 Å². The number of anilines is 1. The molecule has 1 aromatic carbocycles. The third-order valence-electron chi connectivity index (χ3n) is 6.76. The zero-order chi connectivity index (χ0) is 26.5. The molecule has 0 radical (unpaired) electrons. The number of carbonyl (C=O) groups is 1. The number of benzene rings is 1. The van der Waals surface area contributed by atoms with E-state index in [9.17, 15) is 18.0 Å². The molecule has 2 aliphatic rings. The lowest BCUT2D eigenvalue weighted by molar-refractivity contribution is -0.145. The molecule has 1 atom stereocenters. The predicted octanol–water partition coefficient (Wildman–Crippen LogP) is 3.07. The molecule has 0 saturated carbocycles. The average molecular weight is 531 g/mol. The second kappa shape index (κ2) is 11.6. The number of nitrogens with zero attached hydrogens (tertiary/aromatic N) is 5. The number of ether oxygens (including phenoxy) is 2. The Morgan fingerprint density at radius 3 is 2.47 bits per heavy atom. The van der Waals surface area contributed by atoms with E-state index in [1.807, 2.05) is 18.2 Å². The summed E-state index contributed by atoms with van der Waals surface area (Å²) in [4.78, 5) is 29.4. The fraction of sp³-hybridized carbons (Fsp3) is 0.462. The molecule has 0 spiro atoms. The minimum Gasteiger partial charge on any atom is -0.380 e. The average Bonchev–Trinajstić information content (AvgIpc) is 3.22. The van der Waals surface area contributed by atoms with Crippen molar-refractivity contribution in [2.24, 2.45) is 0 Å². The third-order valence-corrected chi connectivity index (χ3v) is 6.76. The highest BCUT2D eigenvalue weighted by Crippen LogP contribution is 2.28. The highest BCUT2D eigenvalue weighted by molar-refractivity contribution is 6.06. The zero-order valence-corrected chi connectivity index (χ0v) is 20.8. The van der Waals surface area contributed by atoms with Crippen LogP contribution in [-0.4, -0.2) is 84.9 Å². The maximum atomic E-state index is 13.3. The van der Waals surface area contributed by atoms with E-state index in [1.54, 1.807) is 12.1 Å². The van der Waals surface area contributed by atoms with E-state index in [-0.39, 0.29) is 12.5 Å². The Hall–Kier alpha value is -3.35. The molecule has 0 bridgehead atoms. The Morgan fingerprint density at radius 1 is 0.974 bits per heavy atom. The Kier molecular flexibility index (Phi) is 8.01. The molecule has 2 aliphatic heterocycles. The standard InChI is InChI=1S/C26H29F3N6O3/c27-26(28,29)25-31-15-18(16-32-25)22(34-7-2-11-37-12-8-34)17-30-24(36)20-3-1-4-21-19(20)5-6-23(33-21)35-9-13-38-14-10-35/h1,3-6,15-16,22H,2,7-14,17H2,(H,30,36). The van der Waals surface area contributed by atoms with Gasteiger partial charge in [-0.05, 0) is 30.7 Å². The number of nitrogens with one attached hydrogen (secondary N) is 1. The van der Waals surface area contributed by atoms with Gasteiger partial charge in [0.15, 0.2) is 0 Å². The first-order valence-electron chi connectivity index (χ1n) is 12.6. The van der Waals surface area contributed by atoms with E-state index in [0.29, 0.717) is 56.2 Å². The van der Waals surface area contributed by atoms with Crippen molar-refractivity contribution in [2.45, 2.75) is 18.6 Å². The van der Waals surface area contributed by atoms with E-state index in [4.69, 9.17) is 14.5 Å². The van der Waals surface area contributed by atoms with Gasteiger partial charge in [0.05, 0.1) is 31.4 Å². The highest BCUT2D eigenvalue weighted by Gasteiger charge is 2.35. The first-order chi connectivity index (χ1) is 18.4. The lowest BCUT2D eigenvalue weighted by Gasteiger charge is -2.30. The number of rotatable bonds is 6. The molecular weight excluding hydrogens is 501 g/mol. The van der Waals surface area contributed by atoms with Crippen molar-refractivity contribution in [3.63, 3.8) is 0 Å². The van der Waals surface area contributed by atoms with Crippen LogP contribution >= 0.6 is 0 Å².